The lowest BCUT2D eigenvalue weighted by molar-refractivity contribution is -0.127. The molecule has 0 saturated heterocycles. The number of ether oxygens (including phenoxy) is 1. The summed E-state index contributed by atoms with van der Waals surface area (Å²) in [5.41, 5.74) is 7.07. The minimum absolute atomic E-state index is 0. The molecular formula is C16H22Cl2N2O2. The molecule has 1 heterocycles. The van der Waals surface area contributed by atoms with Crippen LogP contribution in [0.25, 0.3) is 6.08 Å². The molecule has 0 fully saturated rings. The van der Waals surface area contributed by atoms with Gasteiger partial charge >= 0.3 is 0 Å². The number of rotatable bonds is 4. The van der Waals surface area contributed by atoms with Crippen LogP contribution in [0, 0.1) is 5.41 Å². The predicted molar refractivity (Wildman–Crippen MR) is 92.6 cm³/mol. The number of hydrogen-bond acceptors (Lipinski definition) is 3. The second-order valence-electron chi connectivity index (χ2n) is 6.17. The summed E-state index contributed by atoms with van der Waals surface area (Å²) in [6, 6.07) is 5.39. The van der Waals surface area contributed by atoms with Crippen molar-refractivity contribution in [2.24, 2.45) is 11.1 Å². The van der Waals surface area contributed by atoms with E-state index in [-0.39, 0.29) is 30.3 Å². The molecule has 0 aliphatic carbocycles. The monoisotopic (exact) mass is 344 g/mol. The lowest BCUT2D eigenvalue weighted by Gasteiger charge is -2.30. The van der Waals surface area contributed by atoms with Crippen molar-refractivity contribution in [1.82, 2.24) is 4.90 Å². The molecule has 0 atom stereocenters. The summed E-state index contributed by atoms with van der Waals surface area (Å²) >= 11 is 5.98. The number of amides is 1. The number of carbonyl (C=O) groups excluding carboxylic acids is 1. The van der Waals surface area contributed by atoms with E-state index in [9.17, 15) is 4.79 Å². The number of hydrogen-bond donors (Lipinski definition) is 1. The van der Waals surface area contributed by atoms with Crippen molar-refractivity contribution in [3.8, 4) is 5.75 Å². The minimum Gasteiger partial charge on any atom is -0.488 e. The Kier molecular flexibility index (Phi) is 6.29. The van der Waals surface area contributed by atoms with Gasteiger partial charge in [0, 0.05) is 24.2 Å². The van der Waals surface area contributed by atoms with Gasteiger partial charge in [-0.1, -0.05) is 25.4 Å². The summed E-state index contributed by atoms with van der Waals surface area (Å²) in [4.78, 5) is 14.2. The molecule has 1 aromatic carbocycles. The first-order valence-electron chi connectivity index (χ1n) is 6.91. The highest BCUT2D eigenvalue weighted by molar-refractivity contribution is 6.30. The first kappa shape index (κ1) is 18.8. The van der Waals surface area contributed by atoms with E-state index in [2.05, 4.69) is 0 Å². The maximum atomic E-state index is 12.5. The molecule has 1 amide bonds. The van der Waals surface area contributed by atoms with Crippen LogP contribution in [0.15, 0.2) is 23.8 Å². The van der Waals surface area contributed by atoms with E-state index in [0.717, 1.165) is 11.3 Å². The van der Waals surface area contributed by atoms with Crippen LogP contribution in [0.5, 0.6) is 5.75 Å². The second-order valence-corrected chi connectivity index (χ2v) is 6.61. The van der Waals surface area contributed by atoms with E-state index in [4.69, 9.17) is 22.1 Å². The molecule has 0 saturated carbocycles. The van der Waals surface area contributed by atoms with Gasteiger partial charge in [0.25, 0.3) is 5.91 Å². The van der Waals surface area contributed by atoms with Crippen LogP contribution < -0.4 is 10.5 Å². The Morgan fingerprint density at radius 1 is 1.45 bits per heavy atom. The molecule has 4 nitrogen and oxygen atoms in total. The summed E-state index contributed by atoms with van der Waals surface area (Å²) in [6.45, 7) is 5.48. The topological polar surface area (TPSA) is 55.6 Å². The van der Waals surface area contributed by atoms with Crippen molar-refractivity contribution in [2.45, 2.75) is 13.8 Å². The fourth-order valence-electron chi connectivity index (χ4n) is 2.30. The molecule has 0 radical (unpaired) electrons. The zero-order valence-electron chi connectivity index (χ0n) is 13.1. The van der Waals surface area contributed by atoms with Crippen LogP contribution in [0.2, 0.25) is 5.02 Å². The lowest BCUT2D eigenvalue weighted by atomic mass is 9.93. The van der Waals surface area contributed by atoms with E-state index in [1.165, 1.54) is 0 Å². The number of likely N-dealkylation sites (N-methyl/N-ethyl adjacent to an activating group) is 1. The maximum absolute atomic E-state index is 12.5. The largest absolute Gasteiger partial charge is 0.488 e. The molecule has 22 heavy (non-hydrogen) atoms. The van der Waals surface area contributed by atoms with Crippen LogP contribution in [0.1, 0.15) is 19.4 Å². The maximum Gasteiger partial charge on any atom is 0.253 e. The Morgan fingerprint density at radius 2 is 2.14 bits per heavy atom. The Morgan fingerprint density at radius 3 is 2.77 bits per heavy atom. The standard InChI is InChI=1S/C16H21ClN2O2.ClH/c1-16(2,9-18)10-19(3)15(20)12-6-11-7-13(17)4-5-14(11)21-8-12;/h4-7H,8-10,18H2,1-3H3;1H. The van der Waals surface area contributed by atoms with Crippen molar-refractivity contribution in [3.05, 3.63) is 34.4 Å². The number of carbonyl (C=O) groups is 1. The number of benzene rings is 1. The first-order valence-corrected chi connectivity index (χ1v) is 7.29. The van der Waals surface area contributed by atoms with Crippen LogP contribution in [0.4, 0.5) is 0 Å². The summed E-state index contributed by atoms with van der Waals surface area (Å²) in [5, 5.41) is 0.625. The van der Waals surface area contributed by atoms with Gasteiger partial charge in [0.1, 0.15) is 12.4 Å². The number of fused-ring (bicyclic) bond motifs is 1. The van der Waals surface area contributed by atoms with Gasteiger partial charge in [-0.15, -0.1) is 12.4 Å². The molecule has 6 heteroatoms. The average Bonchev–Trinajstić information content (AvgIpc) is 2.45. The van der Waals surface area contributed by atoms with Gasteiger partial charge in [0.2, 0.25) is 0 Å². The van der Waals surface area contributed by atoms with Crippen molar-refractivity contribution in [2.75, 3.05) is 26.7 Å². The Balaban J connectivity index is 0.00000242. The fourth-order valence-corrected chi connectivity index (χ4v) is 2.48. The van der Waals surface area contributed by atoms with Gasteiger partial charge in [0.15, 0.2) is 0 Å². The van der Waals surface area contributed by atoms with Gasteiger partial charge in [-0.2, -0.15) is 0 Å². The molecule has 1 aliphatic heterocycles. The van der Waals surface area contributed by atoms with Gasteiger partial charge < -0.3 is 15.4 Å². The van der Waals surface area contributed by atoms with Crippen LogP contribution >= 0.6 is 24.0 Å². The van der Waals surface area contributed by atoms with Crippen molar-refractivity contribution in [3.63, 3.8) is 0 Å². The SMILES string of the molecule is CN(CC(C)(C)CN)C(=O)C1=Cc2cc(Cl)ccc2OC1.Cl. The van der Waals surface area contributed by atoms with E-state index >= 15 is 0 Å². The van der Waals surface area contributed by atoms with Crippen LogP contribution in [-0.4, -0.2) is 37.6 Å². The van der Waals surface area contributed by atoms with Crippen LogP contribution in [0.3, 0.4) is 0 Å². The average molecular weight is 345 g/mol. The smallest absolute Gasteiger partial charge is 0.253 e. The third-order valence-electron chi connectivity index (χ3n) is 3.52. The predicted octanol–water partition coefficient (Wildman–Crippen LogP) is 2.98. The van der Waals surface area contributed by atoms with Gasteiger partial charge in [-0.05, 0) is 36.2 Å². The van der Waals surface area contributed by atoms with Gasteiger partial charge in [-0.25, -0.2) is 0 Å². The molecule has 2 N–H and O–H groups in total. The first-order chi connectivity index (χ1) is 9.82. The van der Waals surface area contributed by atoms with Crippen molar-refractivity contribution >= 4 is 36.0 Å². The highest BCUT2D eigenvalue weighted by atomic mass is 35.5. The zero-order valence-corrected chi connectivity index (χ0v) is 14.6. The number of nitrogens with two attached hydrogens (primary N) is 1. The second kappa shape index (κ2) is 7.36. The fraction of sp³-hybridized carbons (Fsp3) is 0.438. The summed E-state index contributed by atoms with van der Waals surface area (Å²) in [5.74, 6) is 0.711. The third-order valence-corrected chi connectivity index (χ3v) is 3.76. The molecular weight excluding hydrogens is 323 g/mol. The highest BCUT2D eigenvalue weighted by Gasteiger charge is 2.25. The summed E-state index contributed by atoms with van der Waals surface area (Å²) in [6.07, 6.45) is 1.85. The van der Waals surface area contributed by atoms with E-state index in [0.29, 0.717) is 23.7 Å². The van der Waals surface area contributed by atoms with Gasteiger partial charge in [-0.3, -0.25) is 4.79 Å². The molecule has 2 rings (SSSR count). The normalized spacial score (nSPS) is 13.4. The van der Waals surface area contributed by atoms with Crippen LogP contribution in [-0.2, 0) is 4.79 Å². The Bertz CT molecular complexity index is 586. The summed E-state index contributed by atoms with van der Waals surface area (Å²) < 4.78 is 5.62. The highest BCUT2D eigenvalue weighted by Crippen LogP contribution is 2.29. The molecule has 1 aromatic rings. The number of halogens is 2. The molecule has 0 unspecified atom stereocenters. The van der Waals surface area contributed by atoms with E-state index in [1.54, 1.807) is 24.1 Å². The quantitative estimate of drug-likeness (QED) is 0.913. The van der Waals surface area contributed by atoms with Gasteiger partial charge in [0.05, 0.1) is 5.57 Å². The Hall–Kier alpha value is -1.23. The zero-order chi connectivity index (χ0) is 15.6. The Labute approximate surface area is 142 Å². The third kappa shape index (κ3) is 4.38. The minimum atomic E-state index is -0.109. The lowest BCUT2D eigenvalue weighted by Crippen LogP contribution is -2.41. The molecule has 122 valence electrons. The van der Waals surface area contributed by atoms with Crippen molar-refractivity contribution in [1.29, 1.82) is 0 Å². The van der Waals surface area contributed by atoms with E-state index < -0.39 is 0 Å². The molecule has 1 aliphatic rings. The van der Waals surface area contributed by atoms with Crippen molar-refractivity contribution < 1.29 is 9.53 Å². The molecule has 0 spiro atoms. The molecule has 0 bridgehead atoms. The molecule has 0 aromatic heterocycles. The van der Waals surface area contributed by atoms with E-state index in [1.807, 2.05) is 26.0 Å². The number of nitrogens with zero attached hydrogens (tertiary/aromatic N) is 1. The summed E-state index contributed by atoms with van der Waals surface area (Å²) in [7, 11) is 1.79.